The predicted molar refractivity (Wildman–Crippen MR) is 108 cm³/mol. The zero-order valence-corrected chi connectivity index (χ0v) is 16.1. The smallest absolute Gasteiger partial charge is 0.134 e. The van der Waals surface area contributed by atoms with Crippen molar-refractivity contribution in [2.24, 2.45) is 11.8 Å². The number of ketones is 1. The van der Waals surface area contributed by atoms with Crippen LogP contribution in [0.1, 0.15) is 72.6 Å². The fourth-order valence-electron chi connectivity index (χ4n) is 4.49. The Morgan fingerprint density at radius 3 is 1.58 bits per heavy atom. The van der Waals surface area contributed by atoms with Crippen LogP contribution in [0.3, 0.4) is 0 Å². The molecule has 2 aliphatic carbocycles. The molecule has 0 saturated heterocycles. The molecule has 0 spiro atoms. The Morgan fingerprint density at radius 2 is 1.23 bits per heavy atom. The first-order valence-electron chi connectivity index (χ1n) is 10.2. The third-order valence-electron chi connectivity index (χ3n) is 6.22. The lowest BCUT2D eigenvalue weighted by Gasteiger charge is -2.20. The van der Waals surface area contributed by atoms with Crippen LogP contribution in [0.4, 0.5) is 0 Å². The molecule has 2 saturated carbocycles. The number of carbonyl (C=O) groups excluding carboxylic acids is 1. The van der Waals surface area contributed by atoms with E-state index in [1.54, 1.807) is 0 Å². The number of hydrogen-bond acceptors (Lipinski definition) is 1. The SMILES string of the molecule is Cc1cccc([C@@H](CC(=O)C[C@@H](c2cccc(C)c2)C2CC2)C2CC2)c1. The van der Waals surface area contributed by atoms with E-state index >= 15 is 0 Å². The Hall–Kier alpha value is -1.89. The number of rotatable bonds is 8. The molecule has 2 aliphatic rings. The third-order valence-corrected chi connectivity index (χ3v) is 6.22. The van der Waals surface area contributed by atoms with Crippen LogP contribution >= 0.6 is 0 Å². The van der Waals surface area contributed by atoms with Gasteiger partial charge in [-0.25, -0.2) is 0 Å². The normalized spacial score (nSPS) is 19.2. The Kier molecular flexibility index (Phi) is 4.98. The third kappa shape index (κ3) is 4.26. The van der Waals surface area contributed by atoms with Gasteiger partial charge in [0.25, 0.3) is 0 Å². The standard InChI is InChI=1S/C25H30O/c1-17-5-3-7-21(13-17)24(19-9-10-19)15-23(26)16-25(20-11-12-20)22-8-4-6-18(2)14-22/h3-8,13-14,19-20,24-25H,9-12,15-16H2,1-2H3/t24-,25+. The minimum absolute atomic E-state index is 0.430. The fraction of sp³-hybridized carbons (Fsp3) is 0.480. The van der Waals surface area contributed by atoms with Gasteiger partial charge >= 0.3 is 0 Å². The van der Waals surface area contributed by atoms with E-state index in [9.17, 15) is 4.79 Å². The number of carbonyl (C=O) groups is 1. The number of hydrogen-bond donors (Lipinski definition) is 0. The molecule has 26 heavy (non-hydrogen) atoms. The van der Waals surface area contributed by atoms with Gasteiger partial charge in [-0.05, 0) is 74.3 Å². The fourth-order valence-corrected chi connectivity index (χ4v) is 4.49. The molecule has 0 aliphatic heterocycles. The van der Waals surface area contributed by atoms with E-state index in [2.05, 4.69) is 62.4 Å². The Balaban J connectivity index is 1.47. The predicted octanol–water partition coefficient (Wildman–Crippen LogP) is 6.34. The lowest BCUT2D eigenvalue weighted by molar-refractivity contribution is -0.120. The molecule has 1 heteroatoms. The van der Waals surface area contributed by atoms with Gasteiger partial charge in [-0.3, -0.25) is 4.79 Å². The van der Waals surface area contributed by atoms with Gasteiger partial charge in [-0.2, -0.15) is 0 Å². The van der Waals surface area contributed by atoms with Crippen molar-refractivity contribution in [1.29, 1.82) is 0 Å². The first kappa shape index (κ1) is 17.5. The van der Waals surface area contributed by atoms with Crippen molar-refractivity contribution in [1.82, 2.24) is 0 Å². The Labute approximate surface area is 157 Å². The minimum Gasteiger partial charge on any atom is -0.300 e. The molecule has 0 radical (unpaired) electrons. The van der Waals surface area contributed by atoms with Gasteiger partial charge in [0, 0.05) is 12.8 Å². The topological polar surface area (TPSA) is 17.1 Å². The molecule has 0 heterocycles. The largest absolute Gasteiger partial charge is 0.300 e. The van der Waals surface area contributed by atoms with Crippen LogP contribution in [0.5, 0.6) is 0 Å². The second-order valence-corrected chi connectivity index (χ2v) is 8.66. The maximum atomic E-state index is 13.0. The van der Waals surface area contributed by atoms with Crippen molar-refractivity contribution in [3.05, 3.63) is 70.8 Å². The number of aryl methyl sites for hydroxylation is 2. The maximum Gasteiger partial charge on any atom is 0.134 e. The lowest BCUT2D eigenvalue weighted by Crippen LogP contribution is -2.14. The highest BCUT2D eigenvalue weighted by atomic mass is 16.1. The van der Waals surface area contributed by atoms with Gasteiger partial charge in [0.15, 0.2) is 0 Å². The zero-order chi connectivity index (χ0) is 18.1. The van der Waals surface area contributed by atoms with Crippen LogP contribution in [0, 0.1) is 25.7 Å². The second kappa shape index (κ2) is 7.39. The van der Waals surface area contributed by atoms with Crippen molar-refractivity contribution in [2.45, 2.75) is 64.2 Å². The van der Waals surface area contributed by atoms with Gasteiger partial charge in [-0.15, -0.1) is 0 Å². The Morgan fingerprint density at radius 1 is 0.808 bits per heavy atom. The monoisotopic (exact) mass is 346 g/mol. The second-order valence-electron chi connectivity index (χ2n) is 8.66. The Bertz CT molecular complexity index is 717. The lowest BCUT2D eigenvalue weighted by atomic mass is 9.83. The van der Waals surface area contributed by atoms with Crippen molar-refractivity contribution in [3.8, 4) is 0 Å². The van der Waals surface area contributed by atoms with Gasteiger partial charge in [-0.1, -0.05) is 59.7 Å². The molecular weight excluding hydrogens is 316 g/mol. The highest BCUT2D eigenvalue weighted by Gasteiger charge is 2.37. The highest BCUT2D eigenvalue weighted by molar-refractivity contribution is 5.80. The molecule has 2 fully saturated rings. The maximum absolute atomic E-state index is 13.0. The number of benzene rings is 2. The summed E-state index contributed by atoms with van der Waals surface area (Å²) in [7, 11) is 0. The van der Waals surface area contributed by atoms with E-state index in [0.29, 0.717) is 17.6 Å². The van der Waals surface area contributed by atoms with Crippen LogP contribution in [0.2, 0.25) is 0 Å². The van der Waals surface area contributed by atoms with E-state index in [0.717, 1.165) is 24.7 Å². The van der Waals surface area contributed by atoms with Gasteiger partial charge in [0.1, 0.15) is 5.78 Å². The van der Waals surface area contributed by atoms with E-state index in [-0.39, 0.29) is 0 Å². The quantitative estimate of drug-likeness (QED) is 0.545. The molecule has 4 rings (SSSR count). The van der Waals surface area contributed by atoms with Gasteiger partial charge in [0.05, 0.1) is 0 Å². The van der Waals surface area contributed by atoms with Crippen LogP contribution < -0.4 is 0 Å². The van der Waals surface area contributed by atoms with E-state index in [1.165, 1.54) is 47.9 Å². The first-order valence-corrected chi connectivity index (χ1v) is 10.2. The average molecular weight is 347 g/mol. The van der Waals surface area contributed by atoms with Crippen molar-refractivity contribution in [2.75, 3.05) is 0 Å². The highest BCUT2D eigenvalue weighted by Crippen LogP contribution is 2.47. The minimum atomic E-state index is 0.430. The van der Waals surface area contributed by atoms with Crippen LogP contribution in [-0.4, -0.2) is 5.78 Å². The summed E-state index contributed by atoms with van der Waals surface area (Å²) in [6.45, 7) is 4.30. The van der Waals surface area contributed by atoms with E-state index in [1.807, 2.05) is 0 Å². The summed E-state index contributed by atoms with van der Waals surface area (Å²) in [6, 6.07) is 17.6. The summed E-state index contributed by atoms with van der Waals surface area (Å²) in [5.74, 6) is 2.76. The van der Waals surface area contributed by atoms with E-state index < -0.39 is 0 Å². The van der Waals surface area contributed by atoms with Crippen molar-refractivity contribution >= 4 is 5.78 Å². The summed E-state index contributed by atoms with van der Waals surface area (Å²) in [6.07, 6.45) is 6.60. The van der Waals surface area contributed by atoms with Crippen molar-refractivity contribution in [3.63, 3.8) is 0 Å². The van der Waals surface area contributed by atoms with Gasteiger partial charge < -0.3 is 0 Å². The first-order chi connectivity index (χ1) is 12.6. The molecule has 2 aromatic rings. The van der Waals surface area contributed by atoms with Gasteiger partial charge in [0.2, 0.25) is 0 Å². The van der Waals surface area contributed by atoms with Crippen LogP contribution in [-0.2, 0) is 4.79 Å². The summed E-state index contributed by atoms with van der Waals surface area (Å²) in [4.78, 5) is 13.0. The van der Waals surface area contributed by atoms with E-state index in [4.69, 9.17) is 0 Å². The summed E-state index contributed by atoms with van der Waals surface area (Å²) < 4.78 is 0. The molecule has 2 atom stereocenters. The molecule has 0 unspecified atom stereocenters. The zero-order valence-electron chi connectivity index (χ0n) is 16.1. The average Bonchev–Trinajstić information content (AvgIpc) is 3.51. The molecule has 0 aromatic heterocycles. The summed E-state index contributed by atoms with van der Waals surface area (Å²) in [5, 5.41) is 0. The molecule has 136 valence electrons. The number of Topliss-reactive ketones (excluding diaryl/α,β-unsaturated/α-hetero) is 1. The molecular formula is C25H30O. The van der Waals surface area contributed by atoms with Crippen LogP contribution in [0.25, 0.3) is 0 Å². The van der Waals surface area contributed by atoms with Crippen LogP contribution in [0.15, 0.2) is 48.5 Å². The van der Waals surface area contributed by atoms with Crippen molar-refractivity contribution < 1.29 is 4.79 Å². The summed E-state index contributed by atoms with van der Waals surface area (Å²) in [5.41, 5.74) is 5.35. The summed E-state index contributed by atoms with van der Waals surface area (Å²) >= 11 is 0. The molecule has 0 N–H and O–H groups in total. The molecule has 0 amide bonds. The molecule has 0 bridgehead atoms. The molecule has 2 aromatic carbocycles. The molecule has 1 nitrogen and oxygen atoms in total.